The lowest BCUT2D eigenvalue weighted by Gasteiger charge is -2.23. The summed E-state index contributed by atoms with van der Waals surface area (Å²) in [6.45, 7) is 8.99. The van der Waals surface area contributed by atoms with E-state index >= 15 is 0 Å². The zero-order valence-electron chi connectivity index (χ0n) is 25.7. The first-order chi connectivity index (χ1) is 21.9. The van der Waals surface area contributed by atoms with Gasteiger partial charge in [-0.2, -0.15) is 0 Å². The number of pyridine rings is 1. The standard InChI is InChI=1S/C40H32FN3O/c1-23(2)28-13-8-14-29(24(3)4)37(28)44-38-32-12-5-6-17-34(32)42-22-35(38)43-40(44)33-16-9-15-31-30-19-18-26(21-36(30)45-39(31)33)25-10-7-11-27(41)20-25/h5-24H,1-4H3. The highest BCUT2D eigenvalue weighted by atomic mass is 19.1. The molecule has 8 aromatic rings. The van der Waals surface area contributed by atoms with Gasteiger partial charge < -0.3 is 4.42 Å². The van der Waals surface area contributed by atoms with Gasteiger partial charge in [0, 0.05) is 16.2 Å². The Morgan fingerprint density at radius 1 is 0.667 bits per heavy atom. The molecule has 5 heteroatoms. The fraction of sp³-hybridized carbons (Fsp3) is 0.150. The van der Waals surface area contributed by atoms with Crippen LogP contribution >= 0.6 is 0 Å². The fourth-order valence-corrected chi connectivity index (χ4v) is 6.69. The average molecular weight is 590 g/mol. The third-order valence-electron chi connectivity index (χ3n) is 8.85. The smallest absolute Gasteiger partial charge is 0.149 e. The molecular formula is C40H32FN3O. The summed E-state index contributed by atoms with van der Waals surface area (Å²) in [5.74, 6) is 1.14. The molecule has 0 saturated carbocycles. The summed E-state index contributed by atoms with van der Waals surface area (Å²) in [5, 5.41) is 3.07. The first kappa shape index (κ1) is 27.3. The molecule has 45 heavy (non-hydrogen) atoms. The molecular weight excluding hydrogens is 557 g/mol. The third-order valence-corrected chi connectivity index (χ3v) is 8.85. The lowest BCUT2D eigenvalue weighted by Crippen LogP contribution is -2.09. The van der Waals surface area contributed by atoms with Gasteiger partial charge in [0.1, 0.15) is 28.3 Å². The third kappa shape index (κ3) is 4.33. The van der Waals surface area contributed by atoms with E-state index in [0.717, 1.165) is 72.1 Å². The van der Waals surface area contributed by atoms with Crippen molar-refractivity contribution in [2.45, 2.75) is 39.5 Å². The molecule has 0 radical (unpaired) electrons. The summed E-state index contributed by atoms with van der Waals surface area (Å²) in [6.07, 6.45) is 1.88. The van der Waals surface area contributed by atoms with Crippen molar-refractivity contribution < 1.29 is 8.81 Å². The molecule has 0 aliphatic heterocycles. The summed E-state index contributed by atoms with van der Waals surface area (Å²) in [4.78, 5) is 10.1. The lowest BCUT2D eigenvalue weighted by molar-refractivity contribution is 0.628. The second-order valence-corrected chi connectivity index (χ2v) is 12.4. The van der Waals surface area contributed by atoms with Crippen molar-refractivity contribution in [1.29, 1.82) is 0 Å². The van der Waals surface area contributed by atoms with Gasteiger partial charge in [-0.25, -0.2) is 9.37 Å². The number of nitrogens with zero attached hydrogens (tertiary/aromatic N) is 3. The molecule has 5 aromatic carbocycles. The van der Waals surface area contributed by atoms with Crippen LogP contribution in [0.4, 0.5) is 4.39 Å². The van der Waals surface area contributed by atoms with Gasteiger partial charge in [-0.05, 0) is 70.5 Å². The van der Waals surface area contributed by atoms with E-state index in [1.807, 2.05) is 30.5 Å². The van der Waals surface area contributed by atoms with Crippen LogP contribution in [0.5, 0.6) is 0 Å². The molecule has 8 rings (SSSR count). The summed E-state index contributed by atoms with van der Waals surface area (Å²) < 4.78 is 23.1. The molecule has 0 saturated heterocycles. The number of benzene rings is 5. The van der Waals surface area contributed by atoms with E-state index in [1.54, 1.807) is 12.1 Å². The SMILES string of the molecule is CC(C)c1cccc(C(C)C)c1-n1c(-c2cccc3c2oc2cc(-c4cccc(F)c4)ccc23)nc2cnc3ccccc3c21. The van der Waals surface area contributed by atoms with Gasteiger partial charge >= 0.3 is 0 Å². The van der Waals surface area contributed by atoms with Gasteiger partial charge in [-0.15, -0.1) is 0 Å². The van der Waals surface area contributed by atoms with Crippen LogP contribution in [0, 0.1) is 5.82 Å². The molecule has 0 aliphatic rings. The van der Waals surface area contributed by atoms with E-state index < -0.39 is 0 Å². The quantitative estimate of drug-likeness (QED) is 0.201. The van der Waals surface area contributed by atoms with E-state index in [4.69, 9.17) is 14.4 Å². The lowest BCUT2D eigenvalue weighted by atomic mass is 9.92. The fourth-order valence-electron chi connectivity index (χ4n) is 6.69. The number of para-hydroxylation sites is 3. The second-order valence-electron chi connectivity index (χ2n) is 12.4. The number of hydrogen-bond acceptors (Lipinski definition) is 3. The van der Waals surface area contributed by atoms with Gasteiger partial charge in [0.15, 0.2) is 0 Å². The molecule has 4 nitrogen and oxygen atoms in total. The Bertz CT molecular complexity index is 2390. The van der Waals surface area contributed by atoms with Crippen molar-refractivity contribution in [1.82, 2.24) is 14.5 Å². The van der Waals surface area contributed by atoms with Gasteiger partial charge in [0.25, 0.3) is 0 Å². The zero-order chi connectivity index (χ0) is 30.8. The molecule has 0 atom stereocenters. The van der Waals surface area contributed by atoms with Crippen molar-refractivity contribution in [2.75, 3.05) is 0 Å². The van der Waals surface area contributed by atoms with Crippen molar-refractivity contribution in [3.8, 4) is 28.2 Å². The van der Waals surface area contributed by atoms with Crippen molar-refractivity contribution in [2.24, 2.45) is 0 Å². The van der Waals surface area contributed by atoms with Crippen LogP contribution in [0.1, 0.15) is 50.7 Å². The summed E-state index contributed by atoms with van der Waals surface area (Å²) in [5.41, 5.74) is 10.6. The Labute approximate surface area is 260 Å². The highest BCUT2D eigenvalue weighted by Gasteiger charge is 2.25. The van der Waals surface area contributed by atoms with Gasteiger partial charge in [-0.1, -0.05) is 94.4 Å². The van der Waals surface area contributed by atoms with Crippen LogP contribution in [0.3, 0.4) is 0 Å². The first-order valence-corrected chi connectivity index (χ1v) is 15.5. The van der Waals surface area contributed by atoms with Gasteiger partial charge in [-0.3, -0.25) is 9.55 Å². The van der Waals surface area contributed by atoms with E-state index in [2.05, 4.69) is 92.9 Å². The number of fused-ring (bicyclic) bond motifs is 6. The Hall–Kier alpha value is -5.29. The minimum atomic E-state index is -0.261. The topological polar surface area (TPSA) is 43.9 Å². The van der Waals surface area contributed by atoms with Crippen LogP contribution in [-0.2, 0) is 0 Å². The molecule has 0 unspecified atom stereocenters. The first-order valence-electron chi connectivity index (χ1n) is 15.5. The van der Waals surface area contributed by atoms with E-state index in [0.29, 0.717) is 11.8 Å². The van der Waals surface area contributed by atoms with Gasteiger partial charge in [0.05, 0.1) is 28.5 Å². The van der Waals surface area contributed by atoms with Crippen molar-refractivity contribution >= 4 is 43.9 Å². The minimum absolute atomic E-state index is 0.261. The summed E-state index contributed by atoms with van der Waals surface area (Å²) >= 11 is 0. The molecule has 3 heterocycles. The monoisotopic (exact) mass is 589 g/mol. The van der Waals surface area contributed by atoms with Crippen molar-refractivity contribution in [3.05, 3.63) is 126 Å². The molecule has 0 N–H and O–H groups in total. The maximum Gasteiger partial charge on any atom is 0.149 e. The molecule has 3 aromatic heterocycles. The number of halogens is 1. The Morgan fingerprint density at radius 2 is 1.38 bits per heavy atom. The Kier molecular flexibility index (Phi) is 6.31. The zero-order valence-corrected chi connectivity index (χ0v) is 25.7. The molecule has 0 aliphatic carbocycles. The highest BCUT2D eigenvalue weighted by molar-refractivity contribution is 6.11. The predicted molar refractivity (Wildman–Crippen MR) is 183 cm³/mol. The van der Waals surface area contributed by atoms with E-state index in [1.165, 1.54) is 17.2 Å². The maximum atomic E-state index is 14.1. The average Bonchev–Trinajstić information content (AvgIpc) is 3.62. The van der Waals surface area contributed by atoms with E-state index in [9.17, 15) is 4.39 Å². The number of furan rings is 1. The molecule has 0 fully saturated rings. The second kappa shape index (κ2) is 10.4. The molecule has 220 valence electrons. The van der Waals surface area contributed by atoms with E-state index in [-0.39, 0.29) is 5.82 Å². The van der Waals surface area contributed by atoms with Crippen LogP contribution in [-0.4, -0.2) is 14.5 Å². The number of hydrogen-bond donors (Lipinski definition) is 0. The number of aromatic nitrogens is 3. The predicted octanol–water partition coefficient (Wildman–Crippen LogP) is 11.2. The largest absolute Gasteiger partial charge is 0.455 e. The van der Waals surface area contributed by atoms with Crippen molar-refractivity contribution in [3.63, 3.8) is 0 Å². The summed E-state index contributed by atoms with van der Waals surface area (Å²) in [7, 11) is 0. The van der Waals surface area contributed by atoms with Crippen LogP contribution in [0.25, 0.3) is 72.1 Å². The highest BCUT2D eigenvalue weighted by Crippen LogP contribution is 2.42. The van der Waals surface area contributed by atoms with Crippen LogP contribution < -0.4 is 0 Å². The summed E-state index contributed by atoms with van der Waals surface area (Å²) in [6, 6.07) is 33.9. The van der Waals surface area contributed by atoms with Gasteiger partial charge in [0.2, 0.25) is 0 Å². The Balaban J connectivity index is 1.47. The molecule has 0 spiro atoms. The van der Waals surface area contributed by atoms with Crippen LogP contribution in [0.15, 0.2) is 114 Å². The normalized spacial score (nSPS) is 12.1. The number of rotatable bonds is 5. The Morgan fingerprint density at radius 3 is 2.16 bits per heavy atom. The molecule has 0 bridgehead atoms. The minimum Gasteiger partial charge on any atom is -0.455 e. The van der Waals surface area contributed by atoms with Crippen LogP contribution in [0.2, 0.25) is 0 Å². The number of imidazole rings is 1. The molecule has 0 amide bonds. The maximum absolute atomic E-state index is 14.1.